The molecule has 0 aliphatic rings. The summed E-state index contributed by atoms with van der Waals surface area (Å²) in [5, 5.41) is 10.0. The monoisotopic (exact) mass is 262 g/mol. The first kappa shape index (κ1) is 15.7. The van der Waals surface area contributed by atoms with E-state index in [9.17, 15) is 9.90 Å². The molecule has 0 radical (unpaired) electrons. The van der Waals surface area contributed by atoms with Crippen molar-refractivity contribution in [3.63, 3.8) is 0 Å². The molecule has 0 heterocycles. The molecule has 0 spiro atoms. The van der Waals surface area contributed by atoms with E-state index in [0.717, 1.165) is 24.8 Å². The zero-order valence-electron chi connectivity index (χ0n) is 12.4. The Hall–Kier alpha value is -1.31. The first-order valence-electron chi connectivity index (χ1n) is 7.34. The van der Waals surface area contributed by atoms with Crippen LogP contribution >= 0.6 is 0 Å². The number of phenolic OH excluding ortho intramolecular Hbond substituents is 1. The molecular formula is C17H26O2. The minimum Gasteiger partial charge on any atom is -0.508 e. The summed E-state index contributed by atoms with van der Waals surface area (Å²) in [5.41, 5.74) is 0.992. The lowest BCUT2D eigenvalue weighted by atomic mass is 9.84. The number of rotatable bonds is 8. The summed E-state index contributed by atoms with van der Waals surface area (Å²) >= 11 is 0. The Kier molecular flexibility index (Phi) is 6.61. The van der Waals surface area contributed by atoms with Crippen molar-refractivity contribution in [1.82, 2.24) is 0 Å². The second-order valence-corrected chi connectivity index (χ2v) is 5.50. The van der Waals surface area contributed by atoms with Gasteiger partial charge in [-0.3, -0.25) is 4.79 Å². The van der Waals surface area contributed by atoms with Crippen LogP contribution in [0, 0.1) is 5.92 Å². The Morgan fingerprint density at radius 1 is 1.26 bits per heavy atom. The van der Waals surface area contributed by atoms with Gasteiger partial charge in [-0.05, 0) is 37.3 Å². The van der Waals surface area contributed by atoms with Gasteiger partial charge in [0.05, 0.1) is 0 Å². The van der Waals surface area contributed by atoms with Crippen LogP contribution in [0.25, 0.3) is 0 Å². The number of aromatic hydroxyl groups is 1. The van der Waals surface area contributed by atoms with Gasteiger partial charge in [0.25, 0.3) is 0 Å². The highest BCUT2D eigenvalue weighted by atomic mass is 16.3. The van der Waals surface area contributed by atoms with Crippen molar-refractivity contribution in [3.8, 4) is 5.75 Å². The molecule has 1 aromatic rings. The zero-order chi connectivity index (χ0) is 14.3. The molecule has 0 aliphatic carbocycles. The van der Waals surface area contributed by atoms with Crippen LogP contribution in [0.3, 0.4) is 0 Å². The van der Waals surface area contributed by atoms with Gasteiger partial charge in [-0.2, -0.15) is 0 Å². The largest absolute Gasteiger partial charge is 0.508 e. The van der Waals surface area contributed by atoms with E-state index in [1.807, 2.05) is 25.1 Å². The average Bonchev–Trinajstić information content (AvgIpc) is 2.38. The molecule has 1 aromatic carbocycles. The van der Waals surface area contributed by atoms with E-state index in [1.165, 1.54) is 12.8 Å². The summed E-state index contributed by atoms with van der Waals surface area (Å²) in [6.45, 7) is 5.82. The fourth-order valence-electron chi connectivity index (χ4n) is 2.47. The van der Waals surface area contributed by atoms with E-state index in [1.54, 1.807) is 13.0 Å². The minimum absolute atomic E-state index is 0.0613. The third-order valence-corrected chi connectivity index (χ3v) is 3.86. The number of unbranched alkanes of at least 4 members (excludes halogenated alkanes) is 2. The second-order valence-electron chi connectivity index (χ2n) is 5.50. The van der Waals surface area contributed by atoms with Gasteiger partial charge in [0.15, 0.2) is 0 Å². The van der Waals surface area contributed by atoms with Gasteiger partial charge in [0.2, 0.25) is 0 Å². The molecule has 2 nitrogen and oxygen atoms in total. The lowest BCUT2D eigenvalue weighted by molar-refractivity contribution is -0.120. The van der Waals surface area contributed by atoms with Gasteiger partial charge in [-0.15, -0.1) is 0 Å². The number of hydrogen-bond acceptors (Lipinski definition) is 2. The van der Waals surface area contributed by atoms with Gasteiger partial charge < -0.3 is 5.11 Å². The number of ketones is 1. The summed E-state index contributed by atoms with van der Waals surface area (Å²) in [6, 6.07) is 7.52. The Bertz CT molecular complexity index is 398. The number of hydrogen-bond donors (Lipinski definition) is 1. The summed E-state index contributed by atoms with van der Waals surface area (Å²) in [6.07, 6.45) is 5.42. The van der Waals surface area contributed by atoms with E-state index >= 15 is 0 Å². The molecule has 1 N–H and O–H groups in total. The van der Waals surface area contributed by atoms with Crippen LogP contribution in [0.5, 0.6) is 5.75 Å². The van der Waals surface area contributed by atoms with E-state index in [0.29, 0.717) is 5.75 Å². The van der Waals surface area contributed by atoms with Crippen LogP contribution in [-0.2, 0) is 4.79 Å². The Balaban J connectivity index is 2.79. The maximum absolute atomic E-state index is 11.5. The van der Waals surface area contributed by atoms with Crippen LogP contribution in [0.4, 0.5) is 0 Å². The van der Waals surface area contributed by atoms with Crippen LogP contribution in [-0.4, -0.2) is 10.9 Å². The van der Waals surface area contributed by atoms with Gasteiger partial charge in [-0.25, -0.2) is 0 Å². The molecule has 106 valence electrons. The smallest absolute Gasteiger partial charge is 0.132 e. The lowest BCUT2D eigenvalue weighted by Crippen LogP contribution is -2.12. The van der Waals surface area contributed by atoms with Gasteiger partial charge >= 0.3 is 0 Å². The first-order chi connectivity index (χ1) is 9.06. The van der Waals surface area contributed by atoms with Crippen molar-refractivity contribution in [2.45, 2.75) is 58.8 Å². The molecule has 19 heavy (non-hydrogen) atoms. The first-order valence-corrected chi connectivity index (χ1v) is 7.34. The molecule has 0 aromatic heterocycles. The van der Waals surface area contributed by atoms with Crippen LogP contribution in [0.2, 0.25) is 0 Å². The van der Waals surface area contributed by atoms with Crippen LogP contribution in [0.15, 0.2) is 24.3 Å². The number of Topliss-reactive ketones (excluding diaryl/α,β-unsaturated/α-hetero) is 1. The predicted molar refractivity (Wildman–Crippen MR) is 79.5 cm³/mol. The number of carbonyl (C=O) groups excluding carboxylic acids is 1. The Morgan fingerprint density at radius 3 is 2.53 bits per heavy atom. The van der Waals surface area contributed by atoms with Gasteiger partial charge in [-0.1, -0.05) is 51.3 Å². The number of para-hydroxylation sites is 1. The topological polar surface area (TPSA) is 37.3 Å². The van der Waals surface area contributed by atoms with Crippen molar-refractivity contribution in [1.29, 1.82) is 0 Å². The highest BCUT2D eigenvalue weighted by Gasteiger charge is 2.19. The van der Waals surface area contributed by atoms with E-state index in [2.05, 4.69) is 6.92 Å². The van der Waals surface area contributed by atoms with Crippen molar-refractivity contribution < 1.29 is 9.90 Å². The fourth-order valence-corrected chi connectivity index (χ4v) is 2.47. The fraction of sp³-hybridized carbons (Fsp3) is 0.588. The second kappa shape index (κ2) is 7.98. The summed E-state index contributed by atoms with van der Waals surface area (Å²) in [5.74, 6) is 0.938. The zero-order valence-corrected chi connectivity index (χ0v) is 12.4. The molecule has 0 fully saturated rings. The van der Waals surface area contributed by atoms with Gasteiger partial charge in [0.1, 0.15) is 11.5 Å². The Labute approximate surface area is 116 Å². The van der Waals surface area contributed by atoms with Gasteiger partial charge in [0, 0.05) is 5.92 Å². The number of phenols is 1. The lowest BCUT2D eigenvalue weighted by Gasteiger charge is -2.21. The third kappa shape index (κ3) is 5.06. The normalized spacial score (nSPS) is 14.1. The van der Waals surface area contributed by atoms with Crippen molar-refractivity contribution in [3.05, 3.63) is 29.8 Å². The molecule has 2 heteroatoms. The van der Waals surface area contributed by atoms with Crippen LogP contribution in [0.1, 0.15) is 64.4 Å². The molecule has 1 rings (SSSR count). The molecule has 2 atom stereocenters. The highest BCUT2D eigenvalue weighted by molar-refractivity contribution is 5.77. The van der Waals surface area contributed by atoms with E-state index < -0.39 is 0 Å². The van der Waals surface area contributed by atoms with Crippen molar-refractivity contribution in [2.75, 3.05) is 0 Å². The maximum Gasteiger partial charge on any atom is 0.132 e. The number of benzene rings is 1. The SMILES string of the molecule is CCCCCC(CC(C)C(C)=O)c1ccccc1O. The average molecular weight is 262 g/mol. The van der Waals surface area contributed by atoms with Crippen molar-refractivity contribution >= 4 is 5.78 Å². The molecule has 0 saturated heterocycles. The molecule has 2 unspecified atom stereocenters. The molecule has 0 saturated carbocycles. The standard InChI is InChI=1S/C17H26O2/c1-4-5-6-9-15(12-13(2)14(3)18)16-10-7-8-11-17(16)19/h7-8,10-11,13,15,19H,4-6,9,12H2,1-3H3. The predicted octanol–water partition coefficient (Wildman–Crippen LogP) is 4.67. The summed E-state index contributed by atoms with van der Waals surface area (Å²) in [4.78, 5) is 11.5. The van der Waals surface area contributed by atoms with E-state index in [4.69, 9.17) is 0 Å². The molecule has 0 bridgehead atoms. The highest BCUT2D eigenvalue weighted by Crippen LogP contribution is 2.34. The number of carbonyl (C=O) groups is 1. The molecule has 0 amide bonds. The van der Waals surface area contributed by atoms with Crippen LogP contribution < -0.4 is 0 Å². The molecular weight excluding hydrogens is 236 g/mol. The summed E-state index contributed by atoms with van der Waals surface area (Å²) < 4.78 is 0. The minimum atomic E-state index is 0.0613. The Morgan fingerprint density at radius 2 is 1.95 bits per heavy atom. The summed E-state index contributed by atoms with van der Waals surface area (Å²) in [7, 11) is 0. The van der Waals surface area contributed by atoms with E-state index in [-0.39, 0.29) is 17.6 Å². The maximum atomic E-state index is 11.5. The van der Waals surface area contributed by atoms with Crippen molar-refractivity contribution in [2.24, 2.45) is 5.92 Å². The third-order valence-electron chi connectivity index (χ3n) is 3.86. The quantitative estimate of drug-likeness (QED) is 0.691. The molecule has 0 aliphatic heterocycles.